The van der Waals surface area contributed by atoms with E-state index in [4.69, 9.17) is 11.6 Å². The molecule has 114 valence electrons. The Morgan fingerprint density at radius 3 is 3.10 bits per heavy atom. The molecule has 1 saturated heterocycles. The quantitative estimate of drug-likeness (QED) is 0.776. The van der Waals surface area contributed by atoms with E-state index in [2.05, 4.69) is 20.0 Å². The molecular formula is C13H17ClN4O2S. The van der Waals surface area contributed by atoms with E-state index in [1.165, 1.54) is 12.4 Å². The van der Waals surface area contributed by atoms with E-state index in [1.54, 1.807) is 6.07 Å². The van der Waals surface area contributed by atoms with Crippen molar-refractivity contribution in [2.45, 2.75) is 17.7 Å². The summed E-state index contributed by atoms with van der Waals surface area (Å²) < 4.78 is 27.4. The fraction of sp³-hybridized carbons (Fsp3) is 0.462. The summed E-state index contributed by atoms with van der Waals surface area (Å²) in [6.45, 7) is 2.41. The van der Waals surface area contributed by atoms with Crippen molar-refractivity contribution < 1.29 is 8.42 Å². The monoisotopic (exact) mass is 328 g/mol. The van der Waals surface area contributed by atoms with Gasteiger partial charge >= 0.3 is 0 Å². The molecule has 0 aromatic carbocycles. The Balaban J connectivity index is 1.76. The lowest BCUT2D eigenvalue weighted by Gasteiger charge is -2.09. The summed E-state index contributed by atoms with van der Waals surface area (Å²) in [5.74, 6) is 0.543. The number of hydrogen-bond donors (Lipinski definition) is 3. The molecule has 6 nitrogen and oxygen atoms in total. The number of aromatic nitrogens is 2. The number of fused-ring (bicyclic) bond motifs is 1. The lowest BCUT2D eigenvalue weighted by atomic mass is 10.1. The van der Waals surface area contributed by atoms with Crippen molar-refractivity contribution in [3.63, 3.8) is 0 Å². The first-order valence-corrected chi connectivity index (χ1v) is 8.76. The first-order valence-electron chi connectivity index (χ1n) is 6.90. The zero-order chi connectivity index (χ0) is 14.9. The normalized spacial score (nSPS) is 19.4. The van der Waals surface area contributed by atoms with E-state index in [0.29, 0.717) is 28.5 Å². The van der Waals surface area contributed by atoms with Gasteiger partial charge in [-0.05, 0) is 37.9 Å². The Morgan fingerprint density at radius 2 is 2.33 bits per heavy atom. The molecule has 3 rings (SSSR count). The number of aromatic amines is 1. The Kier molecular flexibility index (Phi) is 4.17. The van der Waals surface area contributed by atoms with Crippen LogP contribution in [-0.4, -0.2) is 38.0 Å². The van der Waals surface area contributed by atoms with Crippen LogP contribution >= 0.6 is 11.6 Å². The summed E-state index contributed by atoms with van der Waals surface area (Å²) in [6.07, 6.45) is 4.91. The zero-order valence-corrected chi connectivity index (χ0v) is 13.0. The van der Waals surface area contributed by atoms with E-state index in [-0.39, 0.29) is 4.90 Å². The predicted molar refractivity (Wildman–Crippen MR) is 81.9 cm³/mol. The van der Waals surface area contributed by atoms with Gasteiger partial charge in [0.1, 0.15) is 10.5 Å². The van der Waals surface area contributed by atoms with Gasteiger partial charge in [-0.3, -0.25) is 0 Å². The van der Waals surface area contributed by atoms with Gasteiger partial charge in [0.25, 0.3) is 0 Å². The van der Waals surface area contributed by atoms with Gasteiger partial charge in [0, 0.05) is 18.9 Å². The lowest BCUT2D eigenvalue weighted by molar-refractivity contribution is 0.519. The second-order valence-corrected chi connectivity index (χ2v) is 7.36. The van der Waals surface area contributed by atoms with Gasteiger partial charge in [0.2, 0.25) is 10.0 Å². The Labute approximate surface area is 128 Å². The van der Waals surface area contributed by atoms with Crippen LogP contribution in [0.1, 0.15) is 12.8 Å². The summed E-state index contributed by atoms with van der Waals surface area (Å²) in [5, 5.41) is 4.09. The number of nitrogens with zero attached hydrogens (tertiary/aromatic N) is 1. The molecule has 0 bridgehead atoms. The molecule has 8 heteroatoms. The van der Waals surface area contributed by atoms with Gasteiger partial charge < -0.3 is 10.3 Å². The van der Waals surface area contributed by atoms with Gasteiger partial charge in [-0.1, -0.05) is 11.6 Å². The van der Waals surface area contributed by atoms with Crippen LogP contribution in [-0.2, 0) is 10.0 Å². The zero-order valence-electron chi connectivity index (χ0n) is 11.4. The summed E-state index contributed by atoms with van der Waals surface area (Å²) in [7, 11) is -3.58. The van der Waals surface area contributed by atoms with E-state index < -0.39 is 10.0 Å². The summed E-state index contributed by atoms with van der Waals surface area (Å²) >= 11 is 6.09. The molecule has 21 heavy (non-hydrogen) atoms. The van der Waals surface area contributed by atoms with E-state index in [9.17, 15) is 8.42 Å². The molecule has 2 aromatic rings. The highest BCUT2D eigenvalue weighted by Crippen LogP contribution is 2.28. The number of sulfonamides is 1. The first-order chi connectivity index (χ1) is 10.1. The number of rotatable bonds is 5. The van der Waals surface area contributed by atoms with E-state index in [1.807, 2.05) is 0 Å². The fourth-order valence-electron chi connectivity index (χ4n) is 2.64. The molecule has 2 aromatic heterocycles. The van der Waals surface area contributed by atoms with E-state index in [0.717, 1.165) is 25.9 Å². The molecule has 1 aliphatic rings. The highest BCUT2D eigenvalue weighted by molar-refractivity contribution is 7.89. The standard InChI is InChI=1S/C13H17ClN4O2S/c14-10-3-5-16-13-12(10)11(8-17-13)21(19,20)18-6-2-9-1-4-15-7-9/h3,5,8-9,15,18H,1-2,4,6-7H2,(H,16,17). The molecule has 0 radical (unpaired) electrons. The molecule has 0 amide bonds. The van der Waals surface area contributed by atoms with Crippen molar-refractivity contribution in [2.75, 3.05) is 19.6 Å². The van der Waals surface area contributed by atoms with Crippen molar-refractivity contribution in [3.8, 4) is 0 Å². The average molecular weight is 329 g/mol. The highest BCUT2D eigenvalue weighted by Gasteiger charge is 2.22. The highest BCUT2D eigenvalue weighted by atomic mass is 35.5. The number of nitrogens with one attached hydrogen (secondary N) is 3. The molecule has 1 atom stereocenters. The molecular weight excluding hydrogens is 312 g/mol. The van der Waals surface area contributed by atoms with Crippen LogP contribution < -0.4 is 10.0 Å². The SMILES string of the molecule is O=S(=O)(NCCC1CCNC1)c1c[nH]c2nccc(Cl)c12. The third-order valence-corrected chi connectivity index (χ3v) is 5.58. The molecule has 1 aliphatic heterocycles. The molecule has 0 spiro atoms. The molecule has 3 N–H and O–H groups in total. The molecule has 1 fully saturated rings. The van der Waals surface area contributed by atoms with Gasteiger partial charge in [-0.25, -0.2) is 18.1 Å². The smallest absolute Gasteiger partial charge is 0.242 e. The van der Waals surface area contributed by atoms with Crippen LogP contribution in [0.2, 0.25) is 5.02 Å². The van der Waals surface area contributed by atoms with Crippen LogP contribution in [0.25, 0.3) is 11.0 Å². The maximum atomic E-state index is 12.4. The van der Waals surface area contributed by atoms with Crippen LogP contribution in [0.3, 0.4) is 0 Å². The minimum atomic E-state index is -3.58. The van der Waals surface area contributed by atoms with Crippen molar-refractivity contribution in [1.82, 2.24) is 20.0 Å². The van der Waals surface area contributed by atoms with Crippen LogP contribution in [0.15, 0.2) is 23.4 Å². The summed E-state index contributed by atoms with van der Waals surface area (Å²) in [6, 6.07) is 1.58. The van der Waals surface area contributed by atoms with E-state index >= 15 is 0 Å². The maximum Gasteiger partial charge on any atom is 0.242 e. The van der Waals surface area contributed by atoms with Crippen LogP contribution in [0, 0.1) is 5.92 Å². The Morgan fingerprint density at radius 1 is 1.48 bits per heavy atom. The third-order valence-electron chi connectivity index (χ3n) is 3.78. The lowest BCUT2D eigenvalue weighted by Crippen LogP contribution is -2.26. The van der Waals surface area contributed by atoms with Crippen molar-refractivity contribution in [3.05, 3.63) is 23.5 Å². The maximum absolute atomic E-state index is 12.4. The largest absolute Gasteiger partial charge is 0.345 e. The first kappa shape index (κ1) is 14.8. The molecule has 0 saturated carbocycles. The minimum absolute atomic E-state index is 0.153. The third kappa shape index (κ3) is 3.06. The number of pyridine rings is 1. The van der Waals surface area contributed by atoms with Crippen molar-refractivity contribution >= 4 is 32.7 Å². The second-order valence-electron chi connectivity index (χ2n) is 5.21. The summed E-state index contributed by atoms with van der Waals surface area (Å²) in [4.78, 5) is 7.07. The van der Waals surface area contributed by atoms with Crippen molar-refractivity contribution in [2.24, 2.45) is 5.92 Å². The molecule has 0 aliphatic carbocycles. The van der Waals surface area contributed by atoms with Crippen LogP contribution in [0.4, 0.5) is 0 Å². The van der Waals surface area contributed by atoms with Crippen molar-refractivity contribution in [1.29, 1.82) is 0 Å². The Hall–Kier alpha value is -1.15. The topological polar surface area (TPSA) is 86.9 Å². The van der Waals surface area contributed by atoms with Crippen LogP contribution in [0.5, 0.6) is 0 Å². The molecule has 1 unspecified atom stereocenters. The number of halogens is 1. The number of H-pyrrole nitrogens is 1. The fourth-order valence-corrected chi connectivity index (χ4v) is 4.17. The predicted octanol–water partition coefficient (Wildman–Crippen LogP) is 1.49. The van der Waals surface area contributed by atoms with Gasteiger partial charge in [-0.2, -0.15) is 0 Å². The van der Waals surface area contributed by atoms with Gasteiger partial charge in [0.15, 0.2) is 0 Å². The molecule has 3 heterocycles. The second kappa shape index (κ2) is 5.92. The van der Waals surface area contributed by atoms with Gasteiger partial charge in [-0.15, -0.1) is 0 Å². The number of hydrogen-bond acceptors (Lipinski definition) is 4. The van der Waals surface area contributed by atoms with Gasteiger partial charge in [0.05, 0.1) is 10.4 Å². The summed E-state index contributed by atoms with van der Waals surface area (Å²) in [5.41, 5.74) is 0.475. The minimum Gasteiger partial charge on any atom is -0.345 e. The Bertz CT molecular complexity index is 738. The average Bonchev–Trinajstić information content (AvgIpc) is 3.07.